The van der Waals surface area contributed by atoms with E-state index in [1.165, 1.54) is 38.8 Å². The third-order valence-corrected chi connectivity index (χ3v) is 8.36. The minimum absolute atomic E-state index is 0.0133. The molecular formula is C33H63N5O5. The summed E-state index contributed by atoms with van der Waals surface area (Å²) in [5.41, 5.74) is 0. The first-order valence-electron chi connectivity index (χ1n) is 16.7. The Morgan fingerprint density at radius 3 is 1.86 bits per heavy atom. The lowest BCUT2D eigenvalue weighted by molar-refractivity contribution is -0.137. The van der Waals surface area contributed by atoms with Crippen LogP contribution >= 0.6 is 0 Å². The van der Waals surface area contributed by atoms with Crippen molar-refractivity contribution < 1.29 is 23.9 Å². The Bertz CT molecular complexity index is 777. The number of hydrogen-bond donors (Lipinski definition) is 1. The highest BCUT2D eigenvalue weighted by Gasteiger charge is 2.37. The smallest absolute Gasteiger partial charge is 0.293 e. The maximum Gasteiger partial charge on any atom is 0.293 e. The molecule has 1 saturated carbocycles. The van der Waals surface area contributed by atoms with Gasteiger partial charge in [-0.2, -0.15) is 0 Å². The molecule has 1 aliphatic carbocycles. The molecule has 4 fully saturated rings. The van der Waals surface area contributed by atoms with Crippen LogP contribution in [0.1, 0.15) is 98.8 Å². The zero-order valence-electron chi connectivity index (χ0n) is 28.4. The van der Waals surface area contributed by atoms with Crippen LogP contribution in [0.25, 0.3) is 0 Å². The minimum atomic E-state index is -0.104. The maximum absolute atomic E-state index is 12.8. The number of nitrogens with zero attached hydrogens (tertiary/aromatic N) is 4. The number of hydrogen-bond acceptors (Lipinski definition) is 7. The van der Waals surface area contributed by atoms with E-state index in [4.69, 9.17) is 0 Å². The fraction of sp³-hybridized carbons (Fsp3) is 0.879. The van der Waals surface area contributed by atoms with E-state index in [1.54, 1.807) is 11.9 Å². The molecular weight excluding hydrogens is 546 g/mol. The number of rotatable bonds is 10. The maximum atomic E-state index is 12.8. The molecule has 43 heavy (non-hydrogen) atoms. The molecule has 1 N–H and O–H groups in total. The minimum Gasteiger partial charge on any atom is -0.465 e. The van der Waals surface area contributed by atoms with Gasteiger partial charge in [-0.1, -0.05) is 41.0 Å². The molecule has 4 rings (SSSR count). The lowest BCUT2D eigenvalue weighted by Crippen LogP contribution is -2.53. The van der Waals surface area contributed by atoms with Crippen molar-refractivity contribution in [3.8, 4) is 0 Å². The van der Waals surface area contributed by atoms with Gasteiger partial charge in [-0.3, -0.25) is 24.1 Å². The number of amides is 3. The van der Waals surface area contributed by atoms with Gasteiger partial charge in [0.25, 0.3) is 6.47 Å². The van der Waals surface area contributed by atoms with Gasteiger partial charge in [0.15, 0.2) is 0 Å². The summed E-state index contributed by atoms with van der Waals surface area (Å²) in [5, 5.41) is 2.43. The summed E-state index contributed by atoms with van der Waals surface area (Å²) in [7, 11) is 3.98. The van der Waals surface area contributed by atoms with Crippen molar-refractivity contribution in [3.05, 3.63) is 0 Å². The van der Waals surface area contributed by atoms with E-state index in [0.29, 0.717) is 19.4 Å². The fourth-order valence-corrected chi connectivity index (χ4v) is 5.57. The number of carbonyl (C=O) groups excluding carboxylic acids is 4. The van der Waals surface area contributed by atoms with Crippen LogP contribution in [0.2, 0.25) is 0 Å². The summed E-state index contributed by atoms with van der Waals surface area (Å²) >= 11 is 0. The average molecular weight is 610 g/mol. The number of ether oxygens (including phenoxy) is 1. The van der Waals surface area contributed by atoms with Crippen LogP contribution in [0.5, 0.6) is 0 Å². The van der Waals surface area contributed by atoms with Crippen molar-refractivity contribution >= 4 is 24.7 Å². The molecule has 3 amide bonds. The second-order valence-corrected chi connectivity index (χ2v) is 13.4. The molecule has 4 aliphatic rings. The molecule has 0 radical (unpaired) electrons. The number of nitrogens with one attached hydrogen (secondary N) is 1. The largest absolute Gasteiger partial charge is 0.465 e. The predicted octanol–water partition coefficient (Wildman–Crippen LogP) is 3.78. The second-order valence-electron chi connectivity index (χ2n) is 13.4. The van der Waals surface area contributed by atoms with E-state index in [-0.39, 0.29) is 42.5 Å². The van der Waals surface area contributed by atoms with Crippen molar-refractivity contribution in [2.45, 2.75) is 117 Å². The van der Waals surface area contributed by atoms with Crippen LogP contribution in [0.4, 0.5) is 0 Å². The monoisotopic (exact) mass is 609 g/mol. The molecule has 0 aromatic rings. The first kappa shape index (κ1) is 38.8. The number of likely N-dealkylation sites (tertiary alicyclic amines) is 3. The standard InChI is InChI=1S/C18H32N4O3.C6H13N.C5H8O2.C4H10/c1-14(2)16(20(3)17(24)11-19-13-23)12-22-10-6-7-15(22)18(25)21-8-4-5-9-21;1-7-5-3-2-4-6-7;6-4-7-5-2-1-3-5;1-4(2)3/h13-16H,4-12H2,1-3H3,(H,19,23);2-6H2,1H3;4-5H,1-3H2;4H,1-3H3/t15-,16+;;;/m0.../s1. The van der Waals surface area contributed by atoms with Gasteiger partial charge in [0.05, 0.1) is 12.6 Å². The molecule has 250 valence electrons. The van der Waals surface area contributed by atoms with Gasteiger partial charge in [0, 0.05) is 32.7 Å². The molecule has 0 bridgehead atoms. The summed E-state index contributed by atoms with van der Waals surface area (Å²) in [6, 6.07) is -0.0242. The molecule has 0 aromatic carbocycles. The summed E-state index contributed by atoms with van der Waals surface area (Å²) in [4.78, 5) is 53.4. The van der Waals surface area contributed by atoms with Gasteiger partial charge in [-0.25, -0.2) is 0 Å². The van der Waals surface area contributed by atoms with Gasteiger partial charge in [0.2, 0.25) is 18.2 Å². The van der Waals surface area contributed by atoms with E-state index >= 15 is 0 Å². The van der Waals surface area contributed by atoms with Crippen LogP contribution in [0, 0.1) is 11.8 Å². The van der Waals surface area contributed by atoms with Crippen LogP contribution in [0.15, 0.2) is 0 Å². The van der Waals surface area contributed by atoms with E-state index in [0.717, 1.165) is 64.1 Å². The zero-order chi connectivity index (χ0) is 32.2. The van der Waals surface area contributed by atoms with Gasteiger partial charge in [0.1, 0.15) is 6.10 Å². The van der Waals surface area contributed by atoms with Crippen LogP contribution in [-0.2, 0) is 23.9 Å². The van der Waals surface area contributed by atoms with Crippen molar-refractivity contribution in [1.29, 1.82) is 0 Å². The van der Waals surface area contributed by atoms with E-state index in [2.05, 4.69) is 61.5 Å². The summed E-state index contributed by atoms with van der Waals surface area (Å²) < 4.78 is 4.60. The highest BCUT2D eigenvalue weighted by atomic mass is 16.5. The fourth-order valence-electron chi connectivity index (χ4n) is 5.57. The molecule has 3 saturated heterocycles. The first-order chi connectivity index (χ1) is 20.5. The molecule has 3 aliphatic heterocycles. The Labute approximate surface area is 262 Å². The molecule has 10 heteroatoms. The Morgan fingerprint density at radius 1 is 0.860 bits per heavy atom. The highest BCUT2D eigenvalue weighted by molar-refractivity contribution is 5.82. The summed E-state index contributed by atoms with van der Waals surface area (Å²) in [6.07, 6.45) is 12.6. The Balaban J connectivity index is 0.000000411. The summed E-state index contributed by atoms with van der Waals surface area (Å²) in [5.74, 6) is 1.26. The third kappa shape index (κ3) is 15.9. The number of piperidine rings is 1. The van der Waals surface area contributed by atoms with E-state index in [9.17, 15) is 19.2 Å². The van der Waals surface area contributed by atoms with Crippen LogP contribution in [0.3, 0.4) is 0 Å². The van der Waals surface area contributed by atoms with Gasteiger partial charge in [-0.15, -0.1) is 0 Å². The van der Waals surface area contributed by atoms with Crippen LogP contribution in [-0.4, -0.2) is 122 Å². The number of likely N-dealkylation sites (N-methyl/N-ethyl adjacent to an activating group) is 1. The third-order valence-electron chi connectivity index (χ3n) is 8.36. The SMILES string of the molecule is CC(C)C.CC(C)[C@@H](CN1CCC[C@H]1C(=O)N1CCCC1)N(C)C(=O)CNC=O.CN1CCCCC1.O=COC1CCC1. The van der Waals surface area contributed by atoms with E-state index < -0.39 is 0 Å². The molecule has 10 nitrogen and oxygen atoms in total. The topological polar surface area (TPSA) is 103 Å². The average Bonchev–Trinajstić information content (AvgIpc) is 3.65. The molecule has 2 atom stereocenters. The summed E-state index contributed by atoms with van der Waals surface area (Å²) in [6.45, 7) is 17.2. The van der Waals surface area contributed by atoms with Gasteiger partial charge in [-0.05, 0) is 96.3 Å². The van der Waals surface area contributed by atoms with Gasteiger partial charge >= 0.3 is 0 Å². The zero-order valence-corrected chi connectivity index (χ0v) is 28.4. The van der Waals surface area contributed by atoms with Crippen molar-refractivity contribution in [3.63, 3.8) is 0 Å². The Morgan fingerprint density at radius 2 is 1.44 bits per heavy atom. The molecule has 0 spiro atoms. The van der Waals surface area contributed by atoms with Crippen molar-refractivity contribution in [2.24, 2.45) is 11.8 Å². The predicted molar refractivity (Wildman–Crippen MR) is 173 cm³/mol. The van der Waals surface area contributed by atoms with E-state index in [1.807, 2.05) is 4.90 Å². The lowest BCUT2D eigenvalue weighted by atomic mass is 9.96. The number of carbonyl (C=O) groups is 4. The lowest BCUT2D eigenvalue weighted by Gasteiger charge is -2.37. The Kier molecular flexibility index (Phi) is 20.2. The molecule has 3 heterocycles. The second kappa shape index (κ2) is 22.3. The normalized spacial score (nSPS) is 21.2. The van der Waals surface area contributed by atoms with Crippen molar-refractivity contribution in [1.82, 2.24) is 24.9 Å². The van der Waals surface area contributed by atoms with Crippen molar-refractivity contribution in [2.75, 3.05) is 59.9 Å². The molecule has 0 aromatic heterocycles. The Hall–Kier alpha value is -2.20. The first-order valence-corrected chi connectivity index (χ1v) is 16.7. The molecule has 0 unspecified atom stereocenters. The quantitative estimate of drug-likeness (QED) is 0.376. The van der Waals surface area contributed by atoms with Crippen LogP contribution < -0.4 is 5.32 Å². The highest BCUT2D eigenvalue weighted by Crippen LogP contribution is 2.24. The van der Waals surface area contributed by atoms with Gasteiger partial charge < -0.3 is 24.8 Å².